The summed E-state index contributed by atoms with van der Waals surface area (Å²) in [6.45, 7) is 1.89. The van der Waals surface area contributed by atoms with Crippen LogP contribution >= 0.6 is 0 Å². The minimum absolute atomic E-state index is 0.284. The quantitative estimate of drug-likeness (QED) is 0.723. The number of nitrogens with one attached hydrogen (secondary N) is 2. The Kier molecular flexibility index (Phi) is 3.57. The Morgan fingerprint density at radius 3 is 2.56 bits per heavy atom. The maximum atomic E-state index is 12.8. The number of hydrogen-bond donors (Lipinski definition) is 2. The lowest BCUT2D eigenvalue weighted by Crippen LogP contribution is -2.47. The first-order valence-electron chi connectivity index (χ1n) is 7.95. The van der Waals surface area contributed by atoms with Crippen LogP contribution in [-0.4, -0.2) is 28.1 Å². The molecule has 2 heterocycles. The number of carbonyl (C=O) groups excluding carboxylic acids is 2. The minimum atomic E-state index is -0.805. The van der Waals surface area contributed by atoms with Gasteiger partial charge in [0.05, 0.1) is 0 Å². The van der Waals surface area contributed by atoms with Gasteiger partial charge < -0.3 is 10.3 Å². The van der Waals surface area contributed by atoms with Crippen molar-refractivity contribution in [3.8, 4) is 0 Å². The van der Waals surface area contributed by atoms with Gasteiger partial charge in [-0.1, -0.05) is 48.5 Å². The third-order valence-corrected chi connectivity index (χ3v) is 4.34. The highest BCUT2D eigenvalue weighted by atomic mass is 16.2. The maximum Gasteiger partial charge on any atom is 0.255 e. The Bertz CT molecular complexity index is 991. The molecule has 0 fully saturated rings. The third-order valence-electron chi connectivity index (χ3n) is 4.34. The molecule has 124 valence electrons. The standard InChI is InChI=1S/C19H16N4O2/c1-12-16(14-9-5-6-10-15(14)20-12)17-19(25)21-18(22-23(17)11-24)13-7-3-2-4-8-13/h2-11,17,20H,1H3,(H,21,22,25). The van der Waals surface area contributed by atoms with E-state index < -0.39 is 6.04 Å². The molecule has 2 aromatic carbocycles. The van der Waals surface area contributed by atoms with Crippen molar-refractivity contribution in [3.63, 3.8) is 0 Å². The van der Waals surface area contributed by atoms with Gasteiger partial charge in [-0.3, -0.25) is 9.59 Å². The monoisotopic (exact) mass is 332 g/mol. The van der Waals surface area contributed by atoms with Crippen molar-refractivity contribution >= 4 is 29.1 Å². The normalized spacial score (nSPS) is 17.3. The van der Waals surface area contributed by atoms with E-state index in [-0.39, 0.29) is 5.91 Å². The highest BCUT2D eigenvalue weighted by molar-refractivity contribution is 6.12. The fraction of sp³-hybridized carbons (Fsp3) is 0.105. The van der Waals surface area contributed by atoms with Gasteiger partial charge in [0, 0.05) is 27.7 Å². The fourth-order valence-corrected chi connectivity index (χ4v) is 3.23. The number of amidine groups is 1. The predicted octanol–water partition coefficient (Wildman–Crippen LogP) is 2.47. The highest BCUT2D eigenvalue weighted by Crippen LogP contribution is 2.32. The first-order chi connectivity index (χ1) is 12.2. The lowest BCUT2D eigenvalue weighted by Gasteiger charge is -2.29. The van der Waals surface area contributed by atoms with Crippen molar-refractivity contribution in [1.29, 1.82) is 0 Å². The molecule has 25 heavy (non-hydrogen) atoms. The molecule has 2 N–H and O–H groups in total. The molecule has 3 aromatic rings. The minimum Gasteiger partial charge on any atom is -0.358 e. The lowest BCUT2D eigenvalue weighted by molar-refractivity contribution is -0.133. The molecule has 6 heteroatoms. The van der Waals surface area contributed by atoms with Gasteiger partial charge in [-0.05, 0) is 13.0 Å². The molecule has 1 aliphatic rings. The van der Waals surface area contributed by atoms with E-state index in [0.717, 1.165) is 27.7 Å². The summed E-state index contributed by atoms with van der Waals surface area (Å²) in [7, 11) is 0. The zero-order valence-corrected chi connectivity index (χ0v) is 13.6. The van der Waals surface area contributed by atoms with Gasteiger partial charge in [-0.25, -0.2) is 5.01 Å². The first-order valence-corrected chi connectivity index (χ1v) is 7.95. The molecule has 2 amide bonds. The lowest BCUT2D eigenvalue weighted by atomic mass is 10.0. The second kappa shape index (κ2) is 5.90. The summed E-state index contributed by atoms with van der Waals surface area (Å²) in [6.07, 6.45) is 0.591. The molecule has 0 bridgehead atoms. The average Bonchev–Trinajstić information content (AvgIpc) is 2.97. The second-order valence-corrected chi connectivity index (χ2v) is 5.90. The Labute approximate surface area is 144 Å². The Morgan fingerprint density at radius 1 is 1.08 bits per heavy atom. The zero-order valence-electron chi connectivity index (χ0n) is 13.6. The number of aromatic amines is 1. The van der Waals surface area contributed by atoms with Gasteiger partial charge in [0.15, 0.2) is 11.9 Å². The summed E-state index contributed by atoms with van der Waals surface area (Å²) in [5, 5.41) is 9.26. The van der Waals surface area contributed by atoms with Crippen LogP contribution in [0.25, 0.3) is 10.9 Å². The largest absolute Gasteiger partial charge is 0.358 e. The molecule has 1 unspecified atom stereocenters. The van der Waals surface area contributed by atoms with E-state index >= 15 is 0 Å². The second-order valence-electron chi connectivity index (χ2n) is 5.90. The number of hydrogen-bond acceptors (Lipinski definition) is 3. The molecular formula is C19H16N4O2. The molecule has 1 atom stereocenters. The predicted molar refractivity (Wildman–Crippen MR) is 94.8 cm³/mol. The topological polar surface area (TPSA) is 77.6 Å². The number of benzene rings is 2. The van der Waals surface area contributed by atoms with Crippen molar-refractivity contribution in [1.82, 2.24) is 15.3 Å². The van der Waals surface area contributed by atoms with Gasteiger partial charge in [0.1, 0.15) is 0 Å². The van der Waals surface area contributed by atoms with Gasteiger partial charge >= 0.3 is 0 Å². The third kappa shape index (κ3) is 2.48. The van der Waals surface area contributed by atoms with E-state index in [2.05, 4.69) is 15.4 Å². The van der Waals surface area contributed by atoms with Crippen molar-refractivity contribution in [2.45, 2.75) is 13.0 Å². The van der Waals surface area contributed by atoms with Gasteiger partial charge in [-0.15, -0.1) is 0 Å². The average molecular weight is 332 g/mol. The SMILES string of the molecule is Cc1[nH]c2ccccc2c1C1C(=O)NC(c2ccccc2)=NN1C=O. The molecule has 0 radical (unpaired) electrons. The van der Waals surface area contributed by atoms with E-state index in [1.807, 2.05) is 61.5 Å². The number of carbonyl (C=O) groups is 2. The van der Waals surface area contributed by atoms with Crippen LogP contribution < -0.4 is 5.32 Å². The van der Waals surface area contributed by atoms with Gasteiger partial charge in [0.25, 0.3) is 5.91 Å². The van der Waals surface area contributed by atoms with E-state index in [9.17, 15) is 9.59 Å². The molecule has 6 nitrogen and oxygen atoms in total. The Morgan fingerprint density at radius 2 is 1.80 bits per heavy atom. The number of para-hydroxylation sites is 1. The molecule has 0 saturated heterocycles. The number of amides is 2. The number of nitrogens with zero attached hydrogens (tertiary/aromatic N) is 2. The van der Waals surface area contributed by atoms with Crippen LogP contribution in [0.3, 0.4) is 0 Å². The van der Waals surface area contributed by atoms with Crippen molar-refractivity contribution < 1.29 is 9.59 Å². The van der Waals surface area contributed by atoms with Crippen LogP contribution in [0.2, 0.25) is 0 Å². The summed E-state index contributed by atoms with van der Waals surface area (Å²) in [4.78, 5) is 27.8. The van der Waals surface area contributed by atoms with Gasteiger partial charge in [-0.2, -0.15) is 5.10 Å². The number of rotatable bonds is 3. The van der Waals surface area contributed by atoms with Crippen LogP contribution in [0.4, 0.5) is 0 Å². The molecule has 1 aliphatic heterocycles. The van der Waals surface area contributed by atoms with Crippen LogP contribution in [0, 0.1) is 6.92 Å². The van der Waals surface area contributed by atoms with Crippen molar-refractivity contribution in [3.05, 3.63) is 71.4 Å². The number of fused-ring (bicyclic) bond motifs is 1. The molecule has 4 rings (SSSR count). The van der Waals surface area contributed by atoms with E-state index in [4.69, 9.17) is 0 Å². The van der Waals surface area contributed by atoms with Crippen LogP contribution in [0.1, 0.15) is 22.9 Å². The summed E-state index contributed by atoms with van der Waals surface area (Å²) in [6, 6.07) is 16.1. The number of aromatic nitrogens is 1. The summed E-state index contributed by atoms with van der Waals surface area (Å²) < 4.78 is 0. The van der Waals surface area contributed by atoms with Crippen molar-refractivity contribution in [2.75, 3.05) is 0 Å². The maximum absolute atomic E-state index is 12.8. The molecule has 0 spiro atoms. The fourth-order valence-electron chi connectivity index (χ4n) is 3.23. The van der Waals surface area contributed by atoms with Crippen LogP contribution in [0.15, 0.2) is 59.7 Å². The summed E-state index contributed by atoms with van der Waals surface area (Å²) in [5.41, 5.74) is 3.27. The van der Waals surface area contributed by atoms with Crippen LogP contribution in [0.5, 0.6) is 0 Å². The molecule has 0 saturated carbocycles. The van der Waals surface area contributed by atoms with E-state index in [1.165, 1.54) is 5.01 Å². The molecule has 0 aliphatic carbocycles. The first kappa shape index (κ1) is 15.1. The van der Waals surface area contributed by atoms with Gasteiger partial charge in [0.2, 0.25) is 6.41 Å². The number of aryl methyl sites for hydroxylation is 1. The summed E-state index contributed by atoms with van der Waals surface area (Å²) in [5.74, 6) is 0.0836. The number of H-pyrrole nitrogens is 1. The van der Waals surface area contributed by atoms with E-state index in [1.54, 1.807) is 0 Å². The molecular weight excluding hydrogens is 316 g/mol. The van der Waals surface area contributed by atoms with E-state index in [0.29, 0.717) is 12.2 Å². The Hall–Kier alpha value is -3.41. The van der Waals surface area contributed by atoms with Crippen molar-refractivity contribution in [2.24, 2.45) is 5.10 Å². The smallest absolute Gasteiger partial charge is 0.255 e. The molecule has 1 aromatic heterocycles. The number of hydrazone groups is 1. The highest BCUT2D eigenvalue weighted by Gasteiger charge is 2.35. The zero-order chi connectivity index (χ0) is 17.4. The summed E-state index contributed by atoms with van der Waals surface area (Å²) >= 11 is 0. The Balaban J connectivity index is 1.83. The van der Waals surface area contributed by atoms with Crippen LogP contribution in [-0.2, 0) is 9.59 Å².